The maximum absolute atomic E-state index is 11.6. The zero-order chi connectivity index (χ0) is 5.28. The first-order valence-corrected chi connectivity index (χ1v) is 1.65. The summed E-state index contributed by atoms with van der Waals surface area (Å²) < 4.78 is 23.2. The minimum absolute atomic E-state index is 0.843. The third-order valence-corrected chi connectivity index (χ3v) is 0.551. The Morgan fingerprint density at radius 1 is 1.57 bits per heavy atom. The van der Waals surface area contributed by atoms with Crippen LogP contribution in [0.25, 0.3) is 0 Å². The van der Waals surface area contributed by atoms with Gasteiger partial charge < -0.3 is 0 Å². The molecule has 0 aliphatic heterocycles. The Bertz CT molecular complexity index is 143. The van der Waals surface area contributed by atoms with Gasteiger partial charge in [-0.25, -0.2) is 4.39 Å². The summed E-state index contributed by atoms with van der Waals surface area (Å²) in [6, 6.07) is 0. The summed E-state index contributed by atoms with van der Waals surface area (Å²) in [5, 5.41) is 4.85. The number of halogens is 2. The van der Waals surface area contributed by atoms with Gasteiger partial charge in [0, 0.05) is 0 Å². The van der Waals surface area contributed by atoms with E-state index in [1.54, 1.807) is 0 Å². The molecule has 4 heteroatoms. The van der Waals surface area contributed by atoms with Crippen molar-refractivity contribution in [1.29, 1.82) is 0 Å². The molecule has 1 N–H and O–H groups in total. The van der Waals surface area contributed by atoms with Crippen molar-refractivity contribution in [2.24, 2.45) is 0 Å². The SMILES string of the molecule is Fc1c[nH]nc1F. The first kappa shape index (κ1) is 4.23. The van der Waals surface area contributed by atoms with Gasteiger partial charge in [-0.05, 0) is 0 Å². The molecule has 0 aromatic carbocycles. The molecule has 0 aliphatic carbocycles. The highest BCUT2D eigenvalue weighted by Crippen LogP contribution is 1.95. The van der Waals surface area contributed by atoms with Gasteiger partial charge in [0.05, 0.1) is 6.20 Å². The van der Waals surface area contributed by atoms with Gasteiger partial charge in [-0.1, -0.05) is 0 Å². The van der Waals surface area contributed by atoms with Crippen molar-refractivity contribution in [3.8, 4) is 0 Å². The van der Waals surface area contributed by atoms with Gasteiger partial charge in [0.2, 0.25) is 0 Å². The molecule has 2 nitrogen and oxygen atoms in total. The van der Waals surface area contributed by atoms with Crippen LogP contribution in [0.15, 0.2) is 6.20 Å². The van der Waals surface area contributed by atoms with Crippen molar-refractivity contribution in [2.45, 2.75) is 0 Å². The van der Waals surface area contributed by atoms with Crippen LogP contribution in [0.3, 0.4) is 0 Å². The summed E-state index contributed by atoms with van der Waals surface area (Å²) in [5.74, 6) is -2.03. The average molecular weight is 104 g/mol. The molecule has 0 amide bonds. The van der Waals surface area contributed by atoms with Crippen LogP contribution in [-0.4, -0.2) is 10.2 Å². The fourth-order valence-electron chi connectivity index (χ4n) is 0.259. The fraction of sp³-hybridized carbons (Fsp3) is 0. The summed E-state index contributed by atoms with van der Waals surface area (Å²) in [7, 11) is 0. The van der Waals surface area contributed by atoms with E-state index >= 15 is 0 Å². The molecule has 0 atom stereocenters. The van der Waals surface area contributed by atoms with E-state index in [0.717, 1.165) is 6.20 Å². The summed E-state index contributed by atoms with van der Waals surface area (Å²) in [5.41, 5.74) is 0. The molecule has 38 valence electrons. The Labute approximate surface area is 38.2 Å². The predicted octanol–water partition coefficient (Wildman–Crippen LogP) is 0.688. The lowest BCUT2D eigenvalue weighted by atomic mass is 10.7. The second kappa shape index (κ2) is 1.29. The Kier molecular flexibility index (Phi) is 0.780. The van der Waals surface area contributed by atoms with Gasteiger partial charge in [0.15, 0.2) is 5.82 Å². The van der Waals surface area contributed by atoms with Crippen LogP contribution in [0.1, 0.15) is 0 Å². The van der Waals surface area contributed by atoms with Gasteiger partial charge >= 0.3 is 0 Å². The molecule has 0 fully saturated rings. The first-order valence-electron chi connectivity index (χ1n) is 1.65. The van der Waals surface area contributed by atoms with Gasteiger partial charge in [-0.15, -0.1) is 5.10 Å². The average Bonchev–Trinajstić information content (AvgIpc) is 1.91. The second-order valence-electron chi connectivity index (χ2n) is 1.02. The van der Waals surface area contributed by atoms with Crippen LogP contribution in [0.4, 0.5) is 8.78 Å². The minimum Gasteiger partial charge on any atom is -0.280 e. The number of aromatic nitrogens is 2. The highest BCUT2D eigenvalue weighted by atomic mass is 19.2. The van der Waals surface area contributed by atoms with Gasteiger partial charge in [-0.3, -0.25) is 5.10 Å². The van der Waals surface area contributed by atoms with E-state index in [0.29, 0.717) is 0 Å². The molecule has 1 aromatic heterocycles. The zero-order valence-electron chi connectivity index (χ0n) is 3.28. The lowest BCUT2D eigenvalue weighted by Crippen LogP contribution is -1.73. The van der Waals surface area contributed by atoms with E-state index in [1.807, 2.05) is 5.10 Å². The fourth-order valence-corrected chi connectivity index (χ4v) is 0.259. The molecule has 0 saturated carbocycles. The Balaban J connectivity index is 3.12. The van der Waals surface area contributed by atoms with E-state index in [-0.39, 0.29) is 0 Å². The molecule has 1 aromatic rings. The predicted molar refractivity (Wildman–Crippen MR) is 18.5 cm³/mol. The molecule has 0 radical (unpaired) electrons. The highest BCUT2D eigenvalue weighted by molar-refractivity contribution is 4.83. The molecule has 0 bridgehead atoms. The van der Waals surface area contributed by atoms with Gasteiger partial charge in [0.1, 0.15) is 0 Å². The standard InChI is InChI=1S/C3H2F2N2/c4-2-1-6-7-3(2)5/h1H,(H,6,7). The molecular formula is C3H2F2N2. The van der Waals surface area contributed by atoms with Crippen molar-refractivity contribution < 1.29 is 8.78 Å². The number of nitrogens with one attached hydrogen (secondary N) is 1. The third-order valence-electron chi connectivity index (χ3n) is 0.551. The molecular weight excluding hydrogens is 102 g/mol. The zero-order valence-corrected chi connectivity index (χ0v) is 3.28. The maximum atomic E-state index is 11.6. The van der Waals surface area contributed by atoms with Crippen LogP contribution in [0, 0.1) is 11.8 Å². The molecule has 7 heavy (non-hydrogen) atoms. The monoisotopic (exact) mass is 104 g/mol. The van der Waals surface area contributed by atoms with E-state index < -0.39 is 11.8 Å². The highest BCUT2D eigenvalue weighted by Gasteiger charge is 1.98. The quantitative estimate of drug-likeness (QED) is 0.515. The Morgan fingerprint density at radius 3 is 2.43 bits per heavy atom. The first-order chi connectivity index (χ1) is 3.30. The van der Waals surface area contributed by atoms with Crippen LogP contribution in [0.5, 0.6) is 0 Å². The summed E-state index contributed by atoms with van der Waals surface area (Å²) in [6.07, 6.45) is 0.843. The number of hydrogen-bond acceptors (Lipinski definition) is 1. The third kappa shape index (κ3) is 0.581. The van der Waals surface area contributed by atoms with Crippen LogP contribution >= 0.6 is 0 Å². The smallest absolute Gasteiger partial charge is 0.267 e. The van der Waals surface area contributed by atoms with Crippen LogP contribution in [0.2, 0.25) is 0 Å². The van der Waals surface area contributed by atoms with Crippen molar-refractivity contribution in [1.82, 2.24) is 10.2 Å². The molecule has 0 unspecified atom stereocenters. The number of rotatable bonds is 0. The van der Waals surface area contributed by atoms with Gasteiger partial charge in [-0.2, -0.15) is 4.39 Å². The lowest BCUT2D eigenvalue weighted by molar-refractivity contribution is 0.490. The van der Waals surface area contributed by atoms with E-state index in [4.69, 9.17) is 0 Å². The van der Waals surface area contributed by atoms with Crippen molar-refractivity contribution in [3.05, 3.63) is 18.0 Å². The summed E-state index contributed by atoms with van der Waals surface area (Å²) >= 11 is 0. The summed E-state index contributed by atoms with van der Waals surface area (Å²) in [6.45, 7) is 0. The Hall–Kier alpha value is -0.930. The lowest BCUT2D eigenvalue weighted by Gasteiger charge is -1.67. The number of aromatic amines is 1. The molecule has 0 saturated heterocycles. The Morgan fingerprint density at radius 2 is 2.29 bits per heavy atom. The van der Waals surface area contributed by atoms with Crippen LogP contribution < -0.4 is 0 Å². The van der Waals surface area contributed by atoms with Crippen molar-refractivity contribution in [2.75, 3.05) is 0 Å². The number of nitrogens with zero attached hydrogens (tertiary/aromatic N) is 1. The second-order valence-corrected chi connectivity index (χ2v) is 1.02. The molecule has 1 rings (SSSR count). The van der Waals surface area contributed by atoms with Crippen LogP contribution in [-0.2, 0) is 0 Å². The normalized spacial score (nSPS) is 9.43. The molecule has 0 aliphatic rings. The summed E-state index contributed by atoms with van der Waals surface area (Å²) in [4.78, 5) is 0. The van der Waals surface area contributed by atoms with E-state index in [1.165, 1.54) is 0 Å². The number of H-pyrrole nitrogens is 1. The maximum Gasteiger partial charge on any atom is 0.267 e. The van der Waals surface area contributed by atoms with Crippen molar-refractivity contribution in [3.63, 3.8) is 0 Å². The molecule has 0 spiro atoms. The van der Waals surface area contributed by atoms with Gasteiger partial charge in [0.25, 0.3) is 5.95 Å². The van der Waals surface area contributed by atoms with E-state index in [9.17, 15) is 8.78 Å². The van der Waals surface area contributed by atoms with E-state index in [2.05, 4.69) is 5.10 Å². The molecule has 1 heterocycles. The number of hydrogen-bond donors (Lipinski definition) is 1. The largest absolute Gasteiger partial charge is 0.280 e. The minimum atomic E-state index is -1.08. The topological polar surface area (TPSA) is 28.7 Å². The van der Waals surface area contributed by atoms with Crippen molar-refractivity contribution >= 4 is 0 Å².